The van der Waals surface area contributed by atoms with Gasteiger partial charge in [-0.25, -0.2) is 9.59 Å². The average molecular weight is 469 g/mol. The third-order valence-electron chi connectivity index (χ3n) is 5.71. The number of carbonyl (C=O) groups is 3. The Bertz CT molecular complexity index is 967. The van der Waals surface area contributed by atoms with E-state index in [0.29, 0.717) is 18.6 Å². The molecule has 0 aliphatic carbocycles. The van der Waals surface area contributed by atoms with E-state index in [2.05, 4.69) is 60.5 Å². The van der Waals surface area contributed by atoms with Gasteiger partial charge in [0, 0.05) is 61.3 Å². The molecule has 2 aromatic carbocycles. The second kappa shape index (κ2) is 11.7. The normalized spacial score (nSPS) is 17.8. The van der Waals surface area contributed by atoms with Crippen LogP contribution >= 0.6 is 11.8 Å². The fourth-order valence-electron chi connectivity index (χ4n) is 3.95. The first-order valence-electron chi connectivity index (χ1n) is 10.7. The number of fused-ring (bicyclic) bond motifs is 2. The van der Waals surface area contributed by atoms with Gasteiger partial charge >= 0.3 is 11.9 Å². The predicted octanol–water partition coefficient (Wildman–Crippen LogP) is 3.30. The van der Waals surface area contributed by atoms with Crippen LogP contribution < -0.4 is 0 Å². The highest BCUT2D eigenvalue weighted by Gasteiger charge is 2.28. The Morgan fingerprint density at radius 3 is 2.12 bits per heavy atom. The summed E-state index contributed by atoms with van der Waals surface area (Å²) in [5.41, 5.74) is 3.99. The maximum Gasteiger partial charge on any atom is 0.328 e. The summed E-state index contributed by atoms with van der Waals surface area (Å²) in [6.07, 6.45) is 1.68. The van der Waals surface area contributed by atoms with Crippen LogP contribution in [0.15, 0.2) is 65.6 Å². The molecule has 2 aliphatic rings. The van der Waals surface area contributed by atoms with Gasteiger partial charge in [-0.3, -0.25) is 4.79 Å². The van der Waals surface area contributed by atoms with E-state index in [4.69, 9.17) is 10.2 Å². The van der Waals surface area contributed by atoms with Crippen LogP contribution in [-0.2, 0) is 20.1 Å². The molecule has 7 nitrogen and oxygen atoms in total. The van der Waals surface area contributed by atoms with Gasteiger partial charge in [-0.15, -0.1) is 11.8 Å². The van der Waals surface area contributed by atoms with E-state index in [-0.39, 0.29) is 11.8 Å². The number of carbonyl (C=O) groups excluding carboxylic acids is 1. The third-order valence-corrected chi connectivity index (χ3v) is 6.85. The second-order valence-electron chi connectivity index (χ2n) is 7.98. The van der Waals surface area contributed by atoms with Crippen molar-refractivity contribution in [2.75, 3.05) is 33.2 Å². The molecule has 0 spiro atoms. The van der Waals surface area contributed by atoms with Crippen LogP contribution in [0.1, 0.15) is 29.0 Å². The summed E-state index contributed by atoms with van der Waals surface area (Å²) in [5.74, 6) is -1.09. The van der Waals surface area contributed by atoms with Crippen LogP contribution in [0.5, 0.6) is 0 Å². The Labute approximate surface area is 197 Å². The van der Waals surface area contributed by atoms with Crippen molar-refractivity contribution in [3.63, 3.8) is 0 Å². The highest BCUT2D eigenvalue weighted by molar-refractivity contribution is 7.98. The lowest BCUT2D eigenvalue weighted by Crippen LogP contribution is -2.47. The molecule has 2 N–H and O–H groups in total. The minimum absolute atomic E-state index is 0.162. The third kappa shape index (κ3) is 6.94. The minimum atomic E-state index is -1.26. The van der Waals surface area contributed by atoms with Gasteiger partial charge in [0.25, 0.3) is 0 Å². The number of aliphatic carboxylic acids is 2. The zero-order valence-electron chi connectivity index (χ0n) is 18.5. The SMILES string of the molecule is CN1CCN(C(=O)CC2c3ccccc3CSc3ccccc32)CC1.O=C(O)/C=C\C(=O)O. The molecular weight excluding hydrogens is 440 g/mol. The molecule has 2 aromatic rings. The lowest BCUT2D eigenvalue weighted by atomic mass is 9.85. The minimum Gasteiger partial charge on any atom is -0.478 e. The largest absolute Gasteiger partial charge is 0.478 e. The standard InChI is InChI=1S/C21H24N2OS.C4H4O4/c1-22-10-12-23(13-11-22)21(24)14-19-17-7-3-2-6-16(17)15-25-20-9-5-4-8-18(19)20;5-3(6)1-2-4(7)8/h2-9,19H,10-15H2,1H3;1-2H,(H,5,6)(H,7,8)/b;2-1-. The van der Waals surface area contributed by atoms with Gasteiger partial charge in [0.1, 0.15) is 0 Å². The monoisotopic (exact) mass is 468 g/mol. The molecule has 2 heterocycles. The van der Waals surface area contributed by atoms with Gasteiger partial charge in [-0.2, -0.15) is 0 Å². The molecule has 8 heteroatoms. The number of rotatable bonds is 4. The number of carboxylic acid groups (broad SMARTS) is 2. The molecule has 1 amide bonds. The summed E-state index contributed by atoms with van der Waals surface area (Å²) in [4.78, 5) is 37.8. The van der Waals surface area contributed by atoms with Crippen molar-refractivity contribution in [1.29, 1.82) is 0 Å². The van der Waals surface area contributed by atoms with Gasteiger partial charge in [0.2, 0.25) is 5.91 Å². The lowest BCUT2D eigenvalue weighted by Gasteiger charge is -2.33. The Morgan fingerprint density at radius 2 is 1.48 bits per heavy atom. The number of hydrogen-bond acceptors (Lipinski definition) is 5. The van der Waals surface area contributed by atoms with Crippen LogP contribution in [-0.4, -0.2) is 71.1 Å². The van der Waals surface area contributed by atoms with Crippen molar-refractivity contribution in [1.82, 2.24) is 9.80 Å². The van der Waals surface area contributed by atoms with Crippen molar-refractivity contribution >= 4 is 29.6 Å². The highest BCUT2D eigenvalue weighted by Crippen LogP contribution is 2.42. The number of carboxylic acids is 2. The maximum absolute atomic E-state index is 13.0. The zero-order valence-corrected chi connectivity index (χ0v) is 19.3. The van der Waals surface area contributed by atoms with Gasteiger partial charge in [-0.1, -0.05) is 42.5 Å². The smallest absolute Gasteiger partial charge is 0.328 e. The molecule has 1 atom stereocenters. The van der Waals surface area contributed by atoms with Crippen LogP contribution in [0.2, 0.25) is 0 Å². The van der Waals surface area contributed by atoms with E-state index >= 15 is 0 Å². The van der Waals surface area contributed by atoms with Gasteiger partial charge in [0.05, 0.1) is 0 Å². The molecule has 2 aliphatic heterocycles. The Hall–Kier alpha value is -3.10. The average Bonchev–Trinajstić information content (AvgIpc) is 2.96. The predicted molar refractivity (Wildman–Crippen MR) is 127 cm³/mol. The van der Waals surface area contributed by atoms with E-state index < -0.39 is 11.9 Å². The van der Waals surface area contributed by atoms with Gasteiger partial charge in [0.15, 0.2) is 0 Å². The summed E-state index contributed by atoms with van der Waals surface area (Å²) in [5, 5.41) is 15.6. The summed E-state index contributed by atoms with van der Waals surface area (Å²) >= 11 is 1.89. The second-order valence-corrected chi connectivity index (χ2v) is 8.99. The van der Waals surface area contributed by atoms with Crippen molar-refractivity contribution < 1.29 is 24.6 Å². The molecule has 1 unspecified atom stereocenters. The Kier molecular flexibility index (Phi) is 8.68. The van der Waals surface area contributed by atoms with Crippen molar-refractivity contribution in [2.45, 2.75) is 23.0 Å². The van der Waals surface area contributed by atoms with Crippen LogP contribution in [0.25, 0.3) is 0 Å². The maximum atomic E-state index is 13.0. The summed E-state index contributed by atoms with van der Waals surface area (Å²) in [6, 6.07) is 17.2. The molecule has 174 valence electrons. The summed E-state index contributed by atoms with van der Waals surface area (Å²) < 4.78 is 0. The molecule has 0 aromatic heterocycles. The van der Waals surface area contributed by atoms with Gasteiger partial charge in [-0.05, 0) is 29.8 Å². The van der Waals surface area contributed by atoms with Gasteiger partial charge < -0.3 is 20.0 Å². The highest BCUT2D eigenvalue weighted by atomic mass is 32.2. The first kappa shape index (κ1) is 24.5. The molecular formula is C25H28N2O5S. The molecule has 0 bridgehead atoms. The summed E-state index contributed by atoms with van der Waals surface area (Å²) in [6.45, 7) is 3.64. The fourth-order valence-corrected chi connectivity index (χ4v) is 5.08. The number of hydrogen-bond donors (Lipinski definition) is 2. The fraction of sp³-hybridized carbons (Fsp3) is 0.320. The number of piperazine rings is 1. The van der Waals surface area contributed by atoms with Crippen molar-refractivity contribution in [2.24, 2.45) is 0 Å². The molecule has 1 saturated heterocycles. The Morgan fingerprint density at radius 1 is 0.909 bits per heavy atom. The number of likely N-dealkylation sites (N-methyl/N-ethyl adjacent to an activating group) is 1. The van der Waals surface area contributed by atoms with E-state index in [0.717, 1.165) is 31.9 Å². The van der Waals surface area contributed by atoms with E-state index in [1.807, 2.05) is 16.7 Å². The quantitative estimate of drug-likeness (QED) is 0.665. The molecule has 33 heavy (non-hydrogen) atoms. The Balaban J connectivity index is 0.000000331. The molecule has 4 rings (SSSR count). The van der Waals surface area contributed by atoms with Crippen molar-refractivity contribution in [3.8, 4) is 0 Å². The first-order chi connectivity index (χ1) is 15.8. The molecule has 1 fully saturated rings. The van der Waals surface area contributed by atoms with E-state index in [1.165, 1.54) is 21.6 Å². The summed E-state index contributed by atoms with van der Waals surface area (Å²) in [7, 11) is 2.12. The lowest BCUT2D eigenvalue weighted by molar-refractivity contribution is -0.134. The van der Waals surface area contributed by atoms with E-state index in [9.17, 15) is 14.4 Å². The molecule has 0 saturated carbocycles. The van der Waals surface area contributed by atoms with Crippen LogP contribution in [0.3, 0.4) is 0 Å². The van der Waals surface area contributed by atoms with Crippen molar-refractivity contribution in [3.05, 3.63) is 77.4 Å². The molecule has 0 radical (unpaired) electrons. The van der Waals surface area contributed by atoms with E-state index in [1.54, 1.807) is 0 Å². The number of nitrogens with zero attached hydrogens (tertiary/aromatic N) is 2. The first-order valence-corrected chi connectivity index (χ1v) is 11.7. The van der Waals surface area contributed by atoms with Crippen LogP contribution in [0.4, 0.5) is 0 Å². The number of thioether (sulfide) groups is 1. The number of benzene rings is 2. The number of amides is 1. The topological polar surface area (TPSA) is 98.2 Å². The van der Waals surface area contributed by atoms with Crippen LogP contribution in [0, 0.1) is 0 Å². The zero-order chi connectivity index (χ0) is 23.8.